The van der Waals surface area contributed by atoms with Gasteiger partial charge in [0.1, 0.15) is 0 Å². The lowest BCUT2D eigenvalue weighted by atomic mass is 9.83. The molecule has 0 spiro atoms. The third-order valence-corrected chi connectivity index (χ3v) is 6.61. The van der Waals surface area contributed by atoms with Crippen LogP contribution in [0.3, 0.4) is 0 Å². The maximum absolute atomic E-state index is 12.8. The number of alkyl halides is 3. The summed E-state index contributed by atoms with van der Waals surface area (Å²) >= 11 is 24.9. The summed E-state index contributed by atoms with van der Waals surface area (Å²) in [4.78, 5) is 26.0. The molecule has 1 saturated heterocycles. The second kappa shape index (κ2) is 8.12. The van der Waals surface area contributed by atoms with E-state index in [0.29, 0.717) is 30.2 Å². The predicted octanol–water partition coefficient (Wildman–Crippen LogP) is 2.63. The van der Waals surface area contributed by atoms with E-state index in [1.54, 1.807) is 36.4 Å². The van der Waals surface area contributed by atoms with Gasteiger partial charge < -0.3 is 9.47 Å². The Hall–Kier alpha value is -1.24. The van der Waals surface area contributed by atoms with Gasteiger partial charge in [-0.25, -0.2) is 0 Å². The molecule has 2 aliphatic rings. The van der Waals surface area contributed by atoms with Crippen LogP contribution in [0.1, 0.15) is 28.4 Å². The van der Waals surface area contributed by atoms with Crippen molar-refractivity contribution in [1.29, 1.82) is 0 Å². The highest BCUT2D eigenvalue weighted by Gasteiger charge is 2.47. The van der Waals surface area contributed by atoms with Crippen LogP contribution in [-0.4, -0.2) is 33.5 Å². The zero-order chi connectivity index (χ0) is 20.8. The molecule has 1 fully saturated rings. The molecule has 154 valence electrons. The van der Waals surface area contributed by atoms with Gasteiger partial charge in [-0.15, -0.1) is 0 Å². The fourth-order valence-electron chi connectivity index (χ4n) is 4.55. The van der Waals surface area contributed by atoms with Gasteiger partial charge in [0.2, 0.25) is 6.17 Å². The third-order valence-electron chi connectivity index (χ3n) is 5.72. The largest absolute Gasteiger partial charge is 0.312 e. The maximum atomic E-state index is 12.8. The third kappa shape index (κ3) is 4.44. The molecule has 9 heteroatoms. The lowest BCUT2D eigenvalue weighted by molar-refractivity contribution is -0.937. The van der Waals surface area contributed by atoms with Crippen molar-refractivity contribution in [3.05, 3.63) is 69.1 Å². The zero-order valence-electron chi connectivity index (χ0n) is 15.4. The zero-order valence-corrected chi connectivity index (χ0v) is 18.4. The quantitative estimate of drug-likeness (QED) is 0.670. The van der Waals surface area contributed by atoms with Gasteiger partial charge in [0.05, 0.1) is 13.1 Å². The topological polar surface area (TPSA) is 55.5 Å². The Morgan fingerprint density at radius 2 is 1.93 bits per heavy atom. The summed E-state index contributed by atoms with van der Waals surface area (Å²) in [5, 5.41) is 3.36. The maximum Gasteiger partial charge on any atom is 0.262 e. The average Bonchev–Trinajstić information content (AvgIpc) is 2.66. The number of pyridine rings is 1. The molecule has 5 nitrogen and oxygen atoms in total. The number of rotatable bonds is 3. The summed E-state index contributed by atoms with van der Waals surface area (Å²) < 4.78 is 0.163. The number of nitrogens with one attached hydrogen (secondary N) is 2. The first kappa shape index (κ1) is 21.0. The van der Waals surface area contributed by atoms with E-state index in [0.717, 1.165) is 17.0 Å². The number of hydrogen-bond acceptors (Lipinski definition) is 2. The molecule has 1 amide bonds. The van der Waals surface area contributed by atoms with Crippen LogP contribution in [0.25, 0.3) is 0 Å². The van der Waals surface area contributed by atoms with Crippen LogP contribution in [0.15, 0.2) is 47.3 Å². The van der Waals surface area contributed by atoms with E-state index in [-0.39, 0.29) is 23.3 Å². The number of quaternary nitrogens is 1. The average molecular weight is 476 g/mol. The number of carbonyl (C=O) groups is 1. The minimum absolute atomic E-state index is 0.0211. The summed E-state index contributed by atoms with van der Waals surface area (Å²) in [6, 6.07) is 12.0. The van der Waals surface area contributed by atoms with E-state index >= 15 is 0 Å². The van der Waals surface area contributed by atoms with E-state index in [1.165, 1.54) is 0 Å². The Morgan fingerprint density at radius 3 is 2.66 bits per heavy atom. The van der Waals surface area contributed by atoms with Gasteiger partial charge >= 0.3 is 0 Å². The normalized spacial score (nSPS) is 24.5. The fraction of sp³-hybridized carbons (Fsp3) is 0.400. The van der Waals surface area contributed by atoms with Crippen molar-refractivity contribution in [1.82, 2.24) is 9.88 Å². The van der Waals surface area contributed by atoms with Crippen LogP contribution in [-0.2, 0) is 6.54 Å². The first-order chi connectivity index (χ1) is 13.7. The molecule has 2 N–H and O–H groups in total. The van der Waals surface area contributed by atoms with Crippen molar-refractivity contribution in [2.45, 2.75) is 28.8 Å². The molecule has 2 aromatic rings. The van der Waals surface area contributed by atoms with Crippen LogP contribution in [0.2, 0.25) is 5.02 Å². The number of nitrogens with zero attached hydrogens (tertiary/aromatic N) is 1. The molecular weight excluding hydrogens is 456 g/mol. The van der Waals surface area contributed by atoms with Crippen LogP contribution >= 0.6 is 46.4 Å². The fourth-order valence-corrected chi connectivity index (χ4v) is 5.36. The van der Waals surface area contributed by atoms with Gasteiger partial charge in [0, 0.05) is 40.7 Å². The number of aromatic nitrogens is 1. The minimum Gasteiger partial charge on any atom is -0.312 e. The summed E-state index contributed by atoms with van der Waals surface area (Å²) in [5.41, 5.74) is 1.44. The monoisotopic (exact) mass is 474 g/mol. The van der Waals surface area contributed by atoms with E-state index in [2.05, 4.69) is 5.32 Å². The van der Waals surface area contributed by atoms with Crippen molar-refractivity contribution >= 4 is 52.3 Å². The summed E-state index contributed by atoms with van der Waals surface area (Å²) in [5.74, 6) is 0.0993. The summed E-state index contributed by atoms with van der Waals surface area (Å²) in [7, 11) is 0. The highest BCUT2D eigenvalue weighted by Crippen LogP contribution is 2.33. The van der Waals surface area contributed by atoms with Gasteiger partial charge in [-0.1, -0.05) is 58.5 Å². The number of benzene rings is 1. The van der Waals surface area contributed by atoms with Gasteiger partial charge in [-0.3, -0.25) is 14.9 Å². The Bertz CT molecular complexity index is 988. The minimum atomic E-state index is -1.69. The highest BCUT2D eigenvalue weighted by molar-refractivity contribution is 6.68. The molecule has 3 heterocycles. The number of fused-ring (bicyclic) bond motifs is 4. The van der Waals surface area contributed by atoms with Crippen LogP contribution in [0.4, 0.5) is 0 Å². The Morgan fingerprint density at radius 1 is 1.17 bits per heavy atom. The van der Waals surface area contributed by atoms with E-state index in [9.17, 15) is 9.59 Å². The molecule has 0 radical (unpaired) electrons. The van der Waals surface area contributed by atoms with E-state index in [1.807, 2.05) is 10.6 Å². The number of halogens is 4. The van der Waals surface area contributed by atoms with E-state index in [4.69, 9.17) is 46.4 Å². The smallest absolute Gasteiger partial charge is 0.262 e. The van der Waals surface area contributed by atoms with Crippen LogP contribution in [0, 0.1) is 5.92 Å². The number of piperidine rings is 1. The van der Waals surface area contributed by atoms with Crippen molar-refractivity contribution in [3.8, 4) is 0 Å². The molecule has 29 heavy (non-hydrogen) atoms. The molecule has 1 aromatic carbocycles. The first-order valence-electron chi connectivity index (χ1n) is 9.40. The number of hydrogen-bond donors (Lipinski definition) is 2. The summed E-state index contributed by atoms with van der Waals surface area (Å²) in [6.07, 6.45) is 0.258. The van der Waals surface area contributed by atoms with Gasteiger partial charge in [-0.2, -0.15) is 0 Å². The molecule has 1 unspecified atom stereocenters. The molecule has 4 rings (SSSR count). The van der Waals surface area contributed by atoms with Crippen molar-refractivity contribution in [3.63, 3.8) is 0 Å². The number of carbonyl (C=O) groups excluding carboxylic acids is 1. The number of amides is 1. The molecule has 4 atom stereocenters. The molecular formula is C20H20Cl4N3O2+. The van der Waals surface area contributed by atoms with Crippen LogP contribution in [0.5, 0.6) is 0 Å². The molecule has 0 aliphatic carbocycles. The second-order valence-corrected chi connectivity index (χ2v) is 10.5. The molecule has 2 aliphatic heterocycles. The van der Waals surface area contributed by atoms with Crippen molar-refractivity contribution in [2.24, 2.45) is 5.92 Å². The Balaban J connectivity index is 1.59. The number of likely N-dealkylation sites (tertiary alicyclic amines) is 1. The van der Waals surface area contributed by atoms with Crippen molar-refractivity contribution < 1.29 is 9.69 Å². The van der Waals surface area contributed by atoms with E-state index < -0.39 is 9.96 Å². The van der Waals surface area contributed by atoms with Gasteiger partial charge in [0.25, 0.3) is 15.3 Å². The Kier molecular flexibility index (Phi) is 5.88. The van der Waals surface area contributed by atoms with Gasteiger partial charge in [-0.05, 0) is 30.7 Å². The molecule has 1 aromatic heterocycles. The standard InChI is InChI=1S/C20H19Cl4N3O2/c21-15-4-1-3-13(8-15)18(29)25-19(20(22,23)24)26-9-12-7-14(11-26)16-5-2-6-17(28)27(16)10-12/h1-6,8,12,14,19H,7,9-11H2,(H,25,29)/p+1/t12-,14+,19-/m0/s1. The molecule has 2 bridgehead atoms. The lowest BCUT2D eigenvalue weighted by Crippen LogP contribution is -3.21. The Labute approximate surface area is 188 Å². The predicted molar refractivity (Wildman–Crippen MR) is 115 cm³/mol. The second-order valence-electron chi connectivity index (χ2n) is 7.72. The van der Waals surface area contributed by atoms with Crippen LogP contribution < -0.4 is 15.8 Å². The summed E-state index contributed by atoms with van der Waals surface area (Å²) in [6.45, 7) is 2.00. The lowest BCUT2D eigenvalue weighted by Gasteiger charge is -2.44. The molecule has 0 saturated carbocycles. The SMILES string of the molecule is O=C(N[C@@H]([NH+]1C[C@@H]2C[C@H](C1)c1cccc(=O)n1C2)C(Cl)(Cl)Cl)c1cccc(Cl)c1. The highest BCUT2D eigenvalue weighted by atomic mass is 35.6. The van der Waals surface area contributed by atoms with Crippen molar-refractivity contribution in [2.75, 3.05) is 13.1 Å². The first-order valence-corrected chi connectivity index (χ1v) is 10.9. The van der Waals surface area contributed by atoms with Gasteiger partial charge in [0.15, 0.2) is 0 Å².